The topological polar surface area (TPSA) is 58.2 Å². The smallest absolute Gasteiger partial charge is 0.266 e. The van der Waals surface area contributed by atoms with E-state index in [4.69, 9.17) is 0 Å². The number of amides is 2. The van der Waals surface area contributed by atoms with Gasteiger partial charge in [-0.2, -0.15) is 0 Å². The molecule has 0 saturated heterocycles. The maximum Gasteiger partial charge on any atom is 0.280 e. The number of thiophene rings is 2. The summed E-state index contributed by atoms with van der Waals surface area (Å²) < 4.78 is 0. The van der Waals surface area contributed by atoms with Gasteiger partial charge >= 0.3 is 0 Å². The van der Waals surface area contributed by atoms with Crippen molar-refractivity contribution in [1.29, 1.82) is 0 Å². The molecule has 1 aliphatic rings. The van der Waals surface area contributed by atoms with Crippen molar-refractivity contribution in [3.63, 3.8) is 0 Å². The molecule has 2 N–H and O–H groups in total. The molecule has 20 heavy (non-hydrogen) atoms. The molecular formula is C14H14N2O2S2. The van der Waals surface area contributed by atoms with Crippen LogP contribution in [0.5, 0.6) is 0 Å². The van der Waals surface area contributed by atoms with Gasteiger partial charge in [-0.3, -0.25) is 20.4 Å². The molecule has 0 aromatic carbocycles. The molecule has 4 nitrogen and oxygen atoms in total. The second-order valence-electron chi connectivity index (χ2n) is 4.75. The Bertz CT molecular complexity index is 651. The minimum absolute atomic E-state index is 0.244. The molecule has 3 rings (SSSR count). The minimum Gasteiger partial charge on any atom is -0.266 e. The summed E-state index contributed by atoms with van der Waals surface area (Å²) >= 11 is 2.89. The number of aryl methyl sites for hydroxylation is 3. The van der Waals surface area contributed by atoms with Gasteiger partial charge in [0.1, 0.15) is 0 Å². The average Bonchev–Trinajstić information content (AvgIpc) is 3.09. The van der Waals surface area contributed by atoms with Crippen LogP contribution in [0.25, 0.3) is 0 Å². The Morgan fingerprint density at radius 1 is 1.20 bits per heavy atom. The molecule has 0 saturated carbocycles. The molecule has 0 fully saturated rings. The number of rotatable bonds is 2. The third kappa shape index (κ3) is 2.48. The number of fused-ring (bicyclic) bond motifs is 1. The number of hydrogen-bond acceptors (Lipinski definition) is 4. The van der Waals surface area contributed by atoms with Gasteiger partial charge in [-0.1, -0.05) is 0 Å². The molecule has 0 bridgehead atoms. The maximum atomic E-state index is 12.0. The Hall–Kier alpha value is -1.66. The lowest BCUT2D eigenvalue weighted by atomic mass is 10.2. The van der Waals surface area contributed by atoms with Gasteiger partial charge < -0.3 is 0 Å². The Morgan fingerprint density at radius 3 is 2.70 bits per heavy atom. The van der Waals surface area contributed by atoms with E-state index in [9.17, 15) is 9.59 Å². The number of hydrazine groups is 1. The molecule has 2 heterocycles. The standard InChI is InChI=1S/C14H14N2O2S2/c1-8-5-6-19-12(8)14(18)16-15-13(17)11-7-9-3-2-4-10(9)20-11/h5-7H,2-4H2,1H3,(H,15,17)(H,16,18). The zero-order valence-corrected chi connectivity index (χ0v) is 12.6. The van der Waals surface area contributed by atoms with Crippen molar-refractivity contribution < 1.29 is 9.59 Å². The third-order valence-corrected chi connectivity index (χ3v) is 5.58. The van der Waals surface area contributed by atoms with Crippen LogP contribution in [-0.2, 0) is 12.8 Å². The molecule has 0 spiro atoms. The predicted molar refractivity (Wildman–Crippen MR) is 80.3 cm³/mol. The van der Waals surface area contributed by atoms with E-state index in [-0.39, 0.29) is 11.8 Å². The number of carbonyl (C=O) groups is 2. The summed E-state index contributed by atoms with van der Waals surface area (Å²) in [6.07, 6.45) is 3.30. The molecule has 2 amide bonds. The minimum atomic E-state index is -0.269. The van der Waals surface area contributed by atoms with E-state index in [0.29, 0.717) is 9.75 Å². The molecule has 1 aliphatic carbocycles. The fraction of sp³-hybridized carbons (Fsp3) is 0.286. The van der Waals surface area contributed by atoms with Crippen LogP contribution in [0.4, 0.5) is 0 Å². The highest BCUT2D eigenvalue weighted by atomic mass is 32.1. The molecule has 0 unspecified atom stereocenters. The van der Waals surface area contributed by atoms with Gasteiger partial charge in [0.2, 0.25) is 0 Å². The summed E-state index contributed by atoms with van der Waals surface area (Å²) in [6, 6.07) is 3.82. The summed E-state index contributed by atoms with van der Waals surface area (Å²) in [4.78, 5) is 26.5. The molecule has 2 aromatic rings. The first-order chi connectivity index (χ1) is 9.65. The normalized spacial score (nSPS) is 13.1. The summed E-state index contributed by atoms with van der Waals surface area (Å²) in [5, 5.41) is 1.86. The Morgan fingerprint density at radius 2 is 2.00 bits per heavy atom. The first kappa shape index (κ1) is 13.3. The molecule has 0 aliphatic heterocycles. The van der Waals surface area contributed by atoms with Crippen molar-refractivity contribution in [2.24, 2.45) is 0 Å². The first-order valence-electron chi connectivity index (χ1n) is 6.41. The SMILES string of the molecule is Cc1ccsc1C(=O)NNC(=O)c1cc2c(s1)CCC2. The van der Waals surface area contributed by atoms with Gasteiger partial charge in [-0.05, 0) is 54.8 Å². The first-order valence-corrected chi connectivity index (χ1v) is 8.11. The molecular weight excluding hydrogens is 292 g/mol. The highest BCUT2D eigenvalue weighted by Gasteiger charge is 2.19. The van der Waals surface area contributed by atoms with Crippen molar-refractivity contribution in [3.05, 3.63) is 43.3 Å². The van der Waals surface area contributed by atoms with E-state index in [0.717, 1.165) is 18.4 Å². The van der Waals surface area contributed by atoms with E-state index in [2.05, 4.69) is 10.9 Å². The van der Waals surface area contributed by atoms with Crippen molar-refractivity contribution in [3.8, 4) is 0 Å². The fourth-order valence-corrected chi connectivity index (χ4v) is 4.25. The molecule has 104 valence electrons. The van der Waals surface area contributed by atoms with Crippen molar-refractivity contribution >= 4 is 34.5 Å². The van der Waals surface area contributed by atoms with Crippen LogP contribution in [0.2, 0.25) is 0 Å². The Labute approximate surface area is 124 Å². The molecule has 0 atom stereocenters. The van der Waals surface area contributed by atoms with Crippen molar-refractivity contribution in [1.82, 2.24) is 10.9 Å². The summed E-state index contributed by atoms with van der Waals surface area (Å²) in [7, 11) is 0. The summed E-state index contributed by atoms with van der Waals surface area (Å²) in [5.74, 6) is -0.512. The highest BCUT2D eigenvalue weighted by molar-refractivity contribution is 7.14. The molecule has 0 radical (unpaired) electrons. The monoisotopic (exact) mass is 306 g/mol. The second-order valence-corrected chi connectivity index (χ2v) is 6.81. The van der Waals surface area contributed by atoms with E-state index in [1.165, 1.54) is 39.5 Å². The third-order valence-electron chi connectivity index (χ3n) is 3.33. The zero-order chi connectivity index (χ0) is 14.1. The van der Waals surface area contributed by atoms with Gasteiger partial charge in [-0.15, -0.1) is 22.7 Å². The van der Waals surface area contributed by atoms with Crippen LogP contribution in [0.3, 0.4) is 0 Å². The Kier molecular flexibility index (Phi) is 3.58. The lowest BCUT2D eigenvalue weighted by Gasteiger charge is -2.05. The van der Waals surface area contributed by atoms with E-state index < -0.39 is 0 Å². The van der Waals surface area contributed by atoms with E-state index >= 15 is 0 Å². The van der Waals surface area contributed by atoms with Crippen LogP contribution >= 0.6 is 22.7 Å². The zero-order valence-electron chi connectivity index (χ0n) is 11.0. The fourth-order valence-electron chi connectivity index (χ4n) is 2.28. The summed E-state index contributed by atoms with van der Waals surface area (Å²) in [5.41, 5.74) is 7.14. The number of hydrogen-bond donors (Lipinski definition) is 2. The van der Waals surface area contributed by atoms with Crippen LogP contribution in [0.1, 0.15) is 41.8 Å². The van der Waals surface area contributed by atoms with Crippen LogP contribution in [0, 0.1) is 6.92 Å². The van der Waals surface area contributed by atoms with E-state index in [1.54, 1.807) is 0 Å². The van der Waals surface area contributed by atoms with Crippen molar-refractivity contribution in [2.75, 3.05) is 0 Å². The summed E-state index contributed by atoms with van der Waals surface area (Å²) in [6.45, 7) is 1.87. The van der Waals surface area contributed by atoms with Crippen LogP contribution in [0.15, 0.2) is 17.5 Å². The average molecular weight is 306 g/mol. The van der Waals surface area contributed by atoms with E-state index in [1.807, 2.05) is 24.4 Å². The molecule has 6 heteroatoms. The predicted octanol–water partition coefficient (Wildman–Crippen LogP) is 2.68. The van der Waals surface area contributed by atoms with Crippen LogP contribution < -0.4 is 10.9 Å². The van der Waals surface area contributed by atoms with Gasteiger partial charge in [0.25, 0.3) is 11.8 Å². The Balaban J connectivity index is 1.62. The lowest BCUT2D eigenvalue weighted by molar-refractivity contribution is 0.0851. The number of carbonyl (C=O) groups excluding carboxylic acids is 2. The van der Waals surface area contributed by atoms with Crippen LogP contribution in [-0.4, -0.2) is 11.8 Å². The lowest BCUT2D eigenvalue weighted by Crippen LogP contribution is -2.41. The number of nitrogens with one attached hydrogen (secondary N) is 2. The van der Waals surface area contributed by atoms with Gasteiger partial charge in [0.05, 0.1) is 9.75 Å². The van der Waals surface area contributed by atoms with Gasteiger partial charge in [-0.25, -0.2) is 0 Å². The largest absolute Gasteiger partial charge is 0.280 e. The van der Waals surface area contributed by atoms with Crippen molar-refractivity contribution in [2.45, 2.75) is 26.2 Å². The maximum absolute atomic E-state index is 12.0. The molecule has 2 aromatic heterocycles. The quantitative estimate of drug-likeness (QED) is 0.838. The second kappa shape index (κ2) is 5.38. The highest BCUT2D eigenvalue weighted by Crippen LogP contribution is 2.30. The van der Waals surface area contributed by atoms with Gasteiger partial charge in [0, 0.05) is 4.88 Å². The van der Waals surface area contributed by atoms with Gasteiger partial charge in [0.15, 0.2) is 0 Å².